The molecule has 0 radical (unpaired) electrons. The predicted octanol–water partition coefficient (Wildman–Crippen LogP) is 1.80. The first-order valence-electron chi connectivity index (χ1n) is 7.90. The van der Waals surface area contributed by atoms with E-state index < -0.39 is 0 Å². The standard InChI is InChI=1S/C14H23N5OS/c15-19-12(10-6-2-1-3-7-10)17-18-14(19)21-11-8-4-5-9-16-13(11)20/h10-11H,1-9,15H2,(H,16,20)/t11-/m0/s1. The Morgan fingerprint density at radius 3 is 2.67 bits per heavy atom. The number of thioether (sulfide) groups is 1. The fourth-order valence-corrected chi connectivity index (χ4v) is 4.18. The average molecular weight is 309 g/mol. The molecular weight excluding hydrogens is 286 g/mol. The van der Waals surface area contributed by atoms with Gasteiger partial charge in [-0.05, 0) is 25.7 Å². The van der Waals surface area contributed by atoms with E-state index in [1.165, 1.54) is 31.0 Å². The second-order valence-corrected chi connectivity index (χ2v) is 7.11. The van der Waals surface area contributed by atoms with Crippen molar-refractivity contribution in [2.75, 3.05) is 12.4 Å². The zero-order chi connectivity index (χ0) is 14.7. The molecule has 0 bridgehead atoms. The van der Waals surface area contributed by atoms with Crippen molar-refractivity contribution in [1.82, 2.24) is 20.2 Å². The minimum Gasteiger partial charge on any atom is -0.355 e. The highest BCUT2D eigenvalue weighted by Crippen LogP contribution is 2.33. The maximum absolute atomic E-state index is 12.0. The molecule has 3 N–H and O–H groups in total. The molecule has 21 heavy (non-hydrogen) atoms. The second kappa shape index (κ2) is 6.68. The Kier molecular flexibility index (Phi) is 4.67. The van der Waals surface area contributed by atoms with Crippen LogP contribution in [0.1, 0.15) is 63.1 Å². The van der Waals surface area contributed by atoms with Gasteiger partial charge in [0.2, 0.25) is 11.1 Å². The molecule has 6 nitrogen and oxygen atoms in total. The highest BCUT2D eigenvalue weighted by Gasteiger charge is 2.27. The molecule has 0 aromatic carbocycles. The van der Waals surface area contributed by atoms with Gasteiger partial charge < -0.3 is 11.2 Å². The van der Waals surface area contributed by atoms with Crippen molar-refractivity contribution in [1.29, 1.82) is 0 Å². The summed E-state index contributed by atoms with van der Waals surface area (Å²) in [5.41, 5.74) is 0. The van der Waals surface area contributed by atoms with Gasteiger partial charge in [-0.3, -0.25) is 4.79 Å². The first-order chi connectivity index (χ1) is 10.3. The molecule has 1 aliphatic heterocycles. The molecule has 7 heteroatoms. The number of aromatic nitrogens is 3. The molecule has 2 aliphatic rings. The van der Waals surface area contributed by atoms with Crippen LogP contribution in [-0.2, 0) is 4.79 Å². The monoisotopic (exact) mass is 309 g/mol. The molecule has 1 atom stereocenters. The molecule has 1 aromatic rings. The molecular formula is C14H23N5OS. The van der Waals surface area contributed by atoms with Gasteiger partial charge >= 0.3 is 0 Å². The third-order valence-corrected chi connectivity index (χ3v) is 5.62. The van der Waals surface area contributed by atoms with E-state index in [1.54, 1.807) is 4.68 Å². The summed E-state index contributed by atoms with van der Waals surface area (Å²) in [6, 6.07) is 0. The molecule has 116 valence electrons. The van der Waals surface area contributed by atoms with Gasteiger partial charge in [-0.2, -0.15) is 0 Å². The van der Waals surface area contributed by atoms with Crippen LogP contribution in [-0.4, -0.2) is 32.6 Å². The van der Waals surface area contributed by atoms with E-state index >= 15 is 0 Å². The molecule has 1 aliphatic carbocycles. The second-order valence-electron chi connectivity index (χ2n) is 5.94. The van der Waals surface area contributed by atoms with Gasteiger partial charge in [-0.25, -0.2) is 4.68 Å². The van der Waals surface area contributed by atoms with Crippen molar-refractivity contribution < 1.29 is 4.79 Å². The van der Waals surface area contributed by atoms with Crippen molar-refractivity contribution in [2.24, 2.45) is 0 Å². The Balaban J connectivity index is 1.70. The fourth-order valence-electron chi connectivity index (χ4n) is 3.16. The molecule has 3 rings (SSSR count). The lowest BCUT2D eigenvalue weighted by Crippen LogP contribution is -2.31. The summed E-state index contributed by atoms with van der Waals surface area (Å²) in [5.74, 6) is 7.58. The lowest BCUT2D eigenvalue weighted by atomic mass is 9.89. The highest BCUT2D eigenvalue weighted by molar-refractivity contribution is 8.00. The van der Waals surface area contributed by atoms with Crippen molar-refractivity contribution in [2.45, 2.75) is 67.7 Å². The quantitative estimate of drug-likeness (QED) is 0.832. The Bertz CT molecular complexity index is 498. The van der Waals surface area contributed by atoms with Gasteiger partial charge in [0.25, 0.3) is 0 Å². The average Bonchev–Trinajstić information content (AvgIpc) is 2.74. The van der Waals surface area contributed by atoms with E-state index in [-0.39, 0.29) is 11.2 Å². The maximum Gasteiger partial charge on any atom is 0.233 e. The van der Waals surface area contributed by atoms with Crippen molar-refractivity contribution in [3.05, 3.63) is 5.82 Å². The van der Waals surface area contributed by atoms with Gasteiger partial charge in [0.1, 0.15) is 0 Å². The van der Waals surface area contributed by atoms with Crippen LogP contribution in [0.2, 0.25) is 0 Å². The maximum atomic E-state index is 12.0. The first kappa shape index (κ1) is 14.7. The smallest absolute Gasteiger partial charge is 0.233 e. The number of amides is 1. The molecule has 1 saturated heterocycles. The van der Waals surface area contributed by atoms with Crippen molar-refractivity contribution in [3.63, 3.8) is 0 Å². The van der Waals surface area contributed by atoms with E-state index in [1.807, 2.05) is 0 Å². The summed E-state index contributed by atoms with van der Waals surface area (Å²) in [5, 5.41) is 12.0. The van der Waals surface area contributed by atoms with E-state index in [0.29, 0.717) is 11.1 Å². The van der Waals surface area contributed by atoms with E-state index in [0.717, 1.165) is 44.5 Å². The zero-order valence-electron chi connectivity index (χ0n) is 12.3. The minimum absolute atomic E-state index is 0.0970. The summed E-state index contributed by atoms with van der Waals surface area (Å²) in [7, 11) is 0. The lowest BCUT2D eigenvalue weighted by Gasteiger charge is -2.20. The summed E-state index contributed by atoms with van der Waals surface area (Å²) < 4.78 is 1.61. The fraction of sp³-hybridized carbons (Fsp3) is 0.786. The Morgan fingerprint density at radius 2 is 1.86 bits per heavy atom. The lowest BCUT2D eigenvalue weighted by molar-refractivity contribution is -0.120. The van der Waals surface area contributed by atoms with Gasteiger partial charge in [0.05, 0.1) is 5.25 Å². The topological polar surface area (TPSA) is 85.8 Å². The summed E-state index contributed by atoms with van der Waals surface area (Å²) >= 11 is 1.45. The van der Waals surface area contributed by atoms with Crippen LogP contribution in [0.4, 0.5) is 0 Å². The van der Waals surface area contributed by atoms with Crippen LogP contribution < -0.4 is 11.2 Å². The third kappa shape index (κ3) is 3.33. The van der Waals surface area contributed by atoms with Gasteiger partial charge in [-0.15, -0.1) is 10.2 Å². The normalized spacial score (nSPS) is 24.6. The van der Waals surface area contributed by atoms with Crippen LogP contribution in [0.15, 0.2) is 5.16 Å². The largest absolute Gasteiger partial charge is 0.355 e. The number of hydrogen-bond donors (Lipinski definition) is 2. The number of nitrogens with two attached hydrogens (primary N) is 1. The molecule has 1 saturated carbocycles. The molecule has 1 amide bonds. The Morgan fingerprint density at radius 1 is 1.10 bits per heavy atom. The number of nitrogen functional groups attached to an aromatic ring is 1. The minimum atomic E-state index is -0.0989. The summed E-state index contributed by atoms with van der Waals surface area (Å²) in [4.78, 5) is 12.0. The van der Waals surface area contributed by atoms with E-state index in [9.17, 15) is 4.79 Å². The number of rotatable bonds is 3. The molecule has 0 unspecified atom stereocenters. The number of hydrogen-bond acceptors (Lipinski definition) is 5. The van der Waals surface area contributed by atoms with Crippen molar-refractivity contribution >= 4 is 17.7 Å². The number of nitrogens with zero attached hydrogens (tertiary/aromatic N) is 3. The first-order valence-corrected chi connectivity index (χ1v) is 8.78. The van der Waals surface area contributed by atoms with Gasteiger partial charge in [-0.1, -0.05) is 37.4 Å². The molecule has 2 heterocycles. The Labute approximate surface area is 129 Å². The van der Waals surface area contributed by atoms with Gasteiger partial charge in [0, 0.05) is 12.5 Å². The zero-order valence-corrected chi connectivity index (χ0v) is 13.1. The van der Waals surface area contributed by atoms with E-state index in [4.69, 9.17) is 5.84 Å². The summed E-state index contributed by atoms with van der Waals surface area (Å²) in [6.07, 6.45) is 9.06. The highest BCUT2D eigenvalue weighted by atomic mass is 32.2. The Hall–Kier alpha value is -1.24. The van der Waals surface area contributed by atoms with Crippen LogP contribution in [0.5, 0.6) is 0 Å². The van der Waals surface area contributed by atoms with Crippen molar-refractivity contribution in [3.8, 4) is 0 Å². The summed E-state index contributed by atoms with van der Waals surface area (Å²) in [6.45, 7) is 0.776. The van der Waals surface area contributed by atoms with E-state index in [2.05, 4.69) is 15.5 Å². The van der Waals surface area contributed by atoms with Crippen LogP contribution in [0.25, 0.3) is 0 Å². The number of carbonyl (C=O) groups is 1. The van der Waals surface area contributed by atoms with Crippen LogP contribution in [0, 0.1) is 0 Å². The molecule has 1 aromatic heterocycles. The van der Waals surface area contributed by atoms with Crippen LogP contribution >= 0.6 is 11.8 Å². The van der Waals surface area contributed by atoms with Crippen LogP contribution in [0.3, 0.4) is 0 Å². The molecule has 0 spiro atoms. The van der Waals surface area contributed by atoms with Gasteiger partial charge in [0.15, 0.2) is 5.82 Å². The SMILES string of the molecule is Nn1c(S[C@H]2CCCCNC2=O)nnc1C1CCCCC1. The third-order valence-electron chi connectivity index (χ3n) is 4.39. The predicted molar refractivity (Wildman–Crippen MR) is 82.5 cm³/mol. The number of nitrogens with one attached hydrogen (secondary N) is 1. The number of carbonyl (C=O) groups excluding carboxylic acids is 1. The molecule has 2 fully saturated rings.